The first kappa shape index (κ1) is 24.2. The lowest BCUT2D eigenvalue weighted by atomic mass is 10.0. The van der Waals surface area contributed by atoms with Crippen LogP contribution in [0.1, 0.15) is 11.1 Å². The first-order chi connectivity index (χ1) is 19.3. The Morgan fingerprint density at radius 3 is 1.23 bits per heavy atom. The Morgan fingerprint density at radius 2 is 0.718 bits per heavy atom. The van der Waals surface area contributed by atoms with Gasteiger partial charge in [-0.05, 0) is 69.8 Å². The lowest BCUT2D eigenvalue weighted by molar-refractivity contribution is 1.28. The summed E-state index contributed by atoms with van der Waals surface area (Å²) in [7, 11) is 0. The van der Waals surface area contributed by atoms with Crippen molar-refractivity contribution in [2.24, 2.45) is 0 Å². The van der Waals surface area contributed by atoms with Crippen LogP contribution >= 0.6 is 0 Å². The van der Waals surface area contributed by atoms with E-state index in [9.17, 15) is 0 Å². The molecule has 0 bridgehead atoms. The Bertz CT molecular complexity index is 1570. The summed E-state index contributed by atoms with van der Waals surface area (Å²) in [6, 6.07) is 57.8. The molecule has 6 rings (SSSR count). The molecule has 39 heavy (non-hydrogen) atoms. The van der Waals surface area contributed by atoms with E-state index in [-0.39, 0.29) is 0 Å². The van der Waals surface area contributed by atoms with Gasteiger partial charge in [0.05, 0.1) is 0 Å². The van der Waals surface area contributed by atoms with E-state index in [4.69, 9.17) is 0 Å². The highest BCUT2D eigenvalue weighted by molar-refractivity contribution is 5.81. The van der Waals surface area contributed by atoms with Crippen molar-refractivity contribution in [3.8, 4) is 22.3 Å². The maximum absolute atomic E-state index is 2.32. The van der Waals surface area contributed by atoms with Gasteiger partial charge in [-0.3, -0.25) is 0 Å². The van der Waals surface area contributed by atoms with Crippen molar-refractivity contribution in [1.82, 2.24) is 0 Å². The molecule has 0 fully saturated rings. The van der Waals surface area contributed by atoms with Crippen molar-refractivity contribution in [3.63, 3.8) is 0 Å². The molecule has 0 aromatic heterocycles. The zero-order valence-electron chi connectivity index (χ0n) is 21.7. The number of nitrogens with zero attached hydrogens (tertiary/aromatic N) is 1. The average molecular weight is 500 g/mol. The van der Waals surface area contributed by atoms with Gasteiger partial charge < -0.3 is 4.90 Å². The van der Waals surface area contributed by atoms with Crippen molar-refractivity contribution in [3.05, 3.63) is 175 Å². The first-order valence-electron chi connectivity index (χ1n) is 13.3. The van der Waals surface area contributed by atoms with Crippen molar-refractivity contribution in [1.29, 1.82) is 0 Å². The SMILES string of the molecule is C(=Cc1cccc(N(c2ccc(-c3ccccc3)cc2)c2ccc(-c3ccccc3)cc2)c1)c1ccccc1. The fourth-order valence-electron chi connectivity index (χ4n) is 4.84. The van der Waals surface area contributed by atoms with Crippen molar-refractivity contribution >= 4 is 29.2 Å². The fourth-order valence-corrected chi connectivity index (χ4v) is 4.84. The highest BCUT2D eigenvalue weighted by Gasteiger charge is 2.13. The molecule has 0 aliphatic carbocycles. The zero-order valence-corrected chi connectivity index (χ0v) is 21.7. The minimum absolute atomic E-state index is 1.12. The van der Waals surface area contributed by atoms with Gasteiger partial charge >= 0.3 is 0 Å². The summed E-state index contributed by atoms with van der Waals surface area (Å²) in [4.78, 5) is 2.32. The van der Waals surface area contributed by atoms with Crippen molar-refractivity contribution < 1.29 is 0 Å². The fraction of sp³-hybridized carbons (Fsp3) is 0. The summed E-state index contributed by atoms with van der Waals surface area (Å²) in [5.74, 6) is 0. The predicted octanol–water partition coefficient (Wildman–Crippen LogP) is 10.7. The van der Waals surface area contributed by atoms with E-state index >= 15 is 0 Å². The molecule has 1 heteroatoms. The molecule has 0 aliphatic heterocycles. The van der Waals surface area contributed by atoms with Crippen LogP contribution in [0.2, 0.25) is 0 Å². The van der Waals surface area contributed by atoms with Crippen LogP contribution in [-0.4, -0.2) is 0 Å². The summed E-state index contributed by atoms with van der Waals surface area (Å²) in [6.07, 6.45) is 4.33. The minimum atomic E-state index is 1.12. The minimum Gasteiger partial charge on any atom is -0.310 e. The Balaban J connectivity index is 1.38. The molecule has 6 aromatic rings. The molecule has 0 aliphatic rings. The van der Waals surface area contributed by atoms with Crippen LogP contribution in [0.15, 0.2) is 164 Å². The Kier molecular flexibility index (Phi) is 7.14. The molecule has 0 radical (unpaired) electrons. The van der Waals surface area contributed by atoms with Gasteiger partial charge in [0.2, 0.25) is 0 Å². The second-order valence-corrected chi connectivity index (χ2v) is 9.50. The Hall–Kier alpha value is -5.14. The highest BCUT2D eigenvalue weighted by Crippen LogP contribution is 2.37. The number of benzene rings is 6. The normalized spacial score (nSPS) is 11.0. The van der Waals surface area contributed by atoms with Gasteiger partial charge in [-0.25, -0.2) is 0 Å². The molecule has 0 unspecified atom stereocenters. The summed E-state index contributed by atoms with van der Waals surface area (Å²) in [6.45, 7) is 0. The topological polar surface area (TPSA) is 3.24 Å². The van der Waals surface area contributed by atoms with Gasteiger partial charge in [-0.15, -0.1) is 0 Å². The van der Waals surface area contributed by atoms with Gasteiger partial charge in [0.15, 0.2) is 0 Å². The van der Waals surface area contributed by atoms with Gasteiger partial charge in [-0.2, -0.15) is 0 Å². The van der Waals surface area contributed by atoms with Gasteiger partial charge in [0.25, 0.3) is 0 Å². The zero-order chi connectivity index (χ0) is 26.3. The summed E-state index contributed by atoms with van der Waals surface area (Å²) in [5, 5.41) is 0. The average Bonchev–Trinajstić information content (AvgIpc) is 3.02. The van der Waals surface area contributed by atoms with Crippen LogP contribution < -0.4 is 4.90 Å². The van der Waals surface area contributed by atoms with E-state index < -0.39 is 0 Å². The van der Waals surface area contributed by atoms with Crippen LogP contribution in [0.5, 0.6) is 0 Å². The van der Waals surface area contributed by atoms with E-state index in [0.29, 0.717) is 0 Å². The van der Waals surface area contributed by atoms with Gasteiger partial charge in [-0.1, -0.05) is 140 Å². The maximum Gasteiger partial charge on any atom is 0.0467 e. The van der Waals surface area contributed by atoms with Crippen LogP contribution in [0.3, 0.4) is 0 Å². The van der Waals surface area contributed by atoms with Crippen molar-refractivity contribution in [2.75, 3.05) is 4.90 Å². The molecule has 6 aromatic carbocycles. The maximum atomic E-state index is 2.32. The molecule has 0 saturated heterocycles. The van der Waals surface area contributed by atoms with Gasteiger partial charge in [0.1, 0.15) is 0 Å². The third-order valence-corrected chi connectivity index (χ3v) is 6.86. The van der Waals surface area contributed by atoms with Crippen LogP contribution in [0, 0.1) is 0 Å². The lowest BCUT2D eigenvalue weighted by Gasteiger charge is -2.26. The predicted molar refractivity (Wildman–Crippen MR) is 167 cm³/mol. The van der Waals surface area contributed by atoms with E-state index in [0.717, 1.165) is 22.6 Å². The van der Waals surface area contributed by atoms with Crippen LogP contribution in [0.4, 0.5) is 17.1 Å². The number of rotatable bonds is 7. The molecule has 186 valence electrons. The third-order valence-electron chi connectivity index (χ3n) is 6.86. The number of hydrogen-bond acceptors (Lipinski definition) is 1. The standard InChI is InChI=1S/C38H29N/c1-4-11-30(12-5-1)19-20-31-13-10-18-38(29-31)39(36-25-21-34(22-26-36)32-14-6-2-7-15-32)37-27-23-35(24-28-37)33-16-8-3-9-17-33/h1-29H. The molecular weight excluding hydrogens is 470 g/mol. The molecule has 0 spiro atoms. The molecule has 0 atom stereocenters. The Morgan fingerprint density at radius 1 is 0.308 bits per heavy atom. The summed E-state index contributed by atoms with van der Waals surface area (Å²) >= 11 is 0. The largest absolute Gasteiger partial charge is 0.310 e. The summed E-state index contributed by atoms with van der Waals surface area (Å²) < 4.78 is 0. The van der Waals surface area contributed by atoms with E-state index in [1.54, 1.807) is 0 Å². The molecule has 0 saturated carbocycles. The second kappa shape index (κ2) is 11.5. The Labute approximate surface area is 231 Å². The third kappa shape index (κ3) is 5.74. The quantitative estimate of drug-likeness (QED) is 0.197. The van der Waals surface area contributed by atoms with Gasteiger partial charge in [0, 0.05) is 17.1 Å². The first-order valence-corrected chi connectivity index (χ1v) is 13.3. The monoisotopic (exact) mass is 499 g/mol. The molecule has 0 N–H and O–H groups in total. The molecule has 1 nitrogen and oxygen atoms in total. The smallest absolute Gasteiger partial charge is 0.0467 e. The lowest BCUT2D eigenvalue weighted by Crippen LogP contribution is -2.10. The highest BCUT2D eigenvalue weighted by atomic mass is 15.1. The second-order valence-electron chi connectivity index (χ2n) is 9.50. The summed E-state index contributed by atoms with van der Waals surface area (Å²) in [5.41, 5.74) is 10.5. The van der Waals surface area contributed by atoms with Crippen LogP contribution in [-0.2, 0) is 0 Å². The van der Waals surface area contributed by atoms with Crippen LogP contribution in [0.25, 0.3) is 34.4 Å². The van der Waals surface area contributed by atoms with Crippen molar-refractivity contribution in [2.45, 2.75) is 0 Å². The van der Waals surface area contributed by atoms with E-state index in [1.807, 2.05) is 6.07 Å². The molecule has 0 heterocycles. The van der Waals surface area contributed by atoms with E-state index in [1.165, 1.54) is 27.8 Å². The molecule has 0 amide bonds. The number of hydrogen-bond donors (Lipinski definition) is 0. The number of anilines is 3. The van der Waals surface area contributed by atoms with E-state index in [2.05, 4.69) is 175 Å². The molecular formula is C38H29N.